The molecule has 7 heteroatoms. The van der Waals surface area contributed by atoms with Crippen molar-refractivity contribution in [2.45, 2.75) is 26.4 Å². The summed E-state index contributed by atoms with van der Waals surface area (Å²) in [5.41, 5.74) is 4.08. The number of aliphatic hydroxyl groups is 1. The monoisotopic (exact) mass is 413 g/mol. The summed E-state index contributed by atoms with van der Waals surface area (Å²) in [6.07, 6.45) is 0. The number of guanidine groups is 1. The van der Waals surface area contributed by atoms with Crippen LogP contribution in [0.15, 0.2) is 23.2 Å². The lowest BCUT2D eigenvalue weighted by atomic mass is 9.95. The second-order valence-electron chi connectivity index (χ2n) is 5.37. The number of hydrogen-bond donors (Lipinski definition) is 3. The molecular weight excluding hydrogens is 391 g/mol. The van der Waals surface area contributed by atoms with Gasteiger partial charge in [-0.2, -0.15) is 0 Å². The number of benzene rings is 1. The van der Waals surface area contributed by atoms with E-state index < -0.39 is 17.2 Å². The summed E-state index contributed by atoms with van der Waals surface area (Å²) in [6, 6.07) is 3.03. The Kier molecular flexibility index (Phi) is 8.09. The Bertz CT molecular complexity index is 493. The van der Waals surface area contributed by atoms with Crippen LogP contribution in [0.25, 0.3) is 0 Å². The van der Waals surface area contributed by atoms with Crippen LogP contribution in [-0.2, 0) is 5.60 Å². The minimum absolute atomic E-state index is 0. The summed E-state index contributed by atoms with van der Waals surface area (Å²) in [7, 11) is 0. The molecule has 0 heterocycles. The molecule has 0 aliphatic heterocycles. The molecule has 120 valence electrons. The van der Waals surface area contributed by atoms with Crippen LogP contribution < -0.4 is 11.1 Å². The van der Waals surface area contributed by atoms with Crippen molar-refractivity contribution in [2.24, 2.45) is 16.6 Å². The van der Waals surface area contributed by atoms with Gasteiger partial charge in [0, 0.05) is 18.2 Å². The first kappa shape index (κ1) is 20.0. The molecule has 1 aromatic carbocycles. The SMILES string of the molecule is CC(C)CNC(N)=NCC(C)(O)c1ccc(F)cc1F.I. The lowest BCUT2D eigenvalue weighted by molar-refractivity contribution is 0.0633. The molecule has 0 aliphatic rings. The van der Waals surface area contributed by atoms with Crippen molar-refractivity contribution < 1.29 is 13.9 Å². The maximum absolute atomic E-state index is 13.6. The smallest absolute Gasteiger partial charge is 0.188 e. The Morgan fingerprint density at radius 2 is 2.05 bits per heavy atom. The molecule has 0 saturated heterocycles. The molecule has 21 heavy (non-hydrogen) atoms. The number of hydrogen-bond acceptors (Lipinski definition) is 2. The van der Waals surface area contributed by atoms with Gasteiger partial charge >= 0.3 is 0 Å². The van der Waals surface area contributed by atoms with E-state index in [9.17, 15) is 13.9 Å². The Morgan fingerprint density at radius 3 is 2.57 bits per heavy atom. The van der Waals surface area contributed by atoms with Gasteiger partial charge in [-0.1, -0.05) is 19.9 Å². The second kappa shape index (κ2) is 8.47. The summed E-state index contributed by atoms with van der Waals surface area (Å²) in [5, 5.41) is 13.1. The topological polar surface area (TPSA) is 70.6 Å². The summed E-state index contributed by atoms with van der Waals surface area (Å²) in [5.74, 6) is -0.914. The van der Waals surface area contributed by atoms with E-state index in [1.54, 1.807) is 0 Å². The van der Waals surface area contributed by atoms with Gasteiger partial charge in [-0.3, -0.25) is 4.99 Å². The van der Waals surface area contributed by atoms with E-state index in [2.05, 4.69) is 10.3 Å². The first-order valence-electron chi connectivity index (χ1n) is 6.44. The zero-order chi connectivity index (χ0) is 15.3. The predicted molar refractivity (Wildman–Crippen MR) is 90.7 cm³/mol. The standard InChI is InChI=1S/C14H21F2N3O.HI/c1-9(2)7-18-13(17)19-8-14(3,20)11-5-4-10(15)6-12(11)16;/h4-6,9,20H,7-8H2,1-3H3,(H3,17,18,19);1H. The maximum atomic E-state index is 13.6. The number of nitrogens with two attached hydrogens (primary N) is 1. The summed E-state index contributed by atoms with van der Waals surface area (Å²) in [6.45, 7) is 5.98. The van der Waals surface area contributed by atoms with Crippen LogP contribution in [0, 0.1) is 17.6 Å². The summed E-state index contributed by atoms with van der Waals surface area (Å²) in [4.78, 5) is 3.98. The Morgan fingerprint density at radius 1 is 1.43 bits per heavy atom. The quantitative estimate of drug-likeness (QED) is 0.395. The molecule has 0 aliphatic carbocycles. The van der Waals surface area contributed by atoms with Crippen molar-refractivity contribution in [1.82, 2.24) is 5.32 Å². The Labute approximate surface area is 140 Å². The third-order valence-electron chi connectivity index (χ3n) is 2.76. The van der Waals surface area contributed by atoms with Gasteiger partial charge in [0.25, 0.3) is 0 Å². The molecule has 4 N–H and O–H groups in total. The largest absolute Gasteiger partial charge is 0.383 e. The molecule has 4 nitrogen and oxygen atoms in total. The first-order valence-corrected chi connectivity index (χ1v) is 6.44. The highest BCUT2D eigenvalue weighted by Crippen LogP contribution is 2.24. The third kappa shape index (κ3) is 6.56. The fraction of sp³-hybridized carbons (Fsp3) is 0.500. The van der Waals surface area contributed by atoms with Crippen LogP contribution in [0.3, 0.4) is 0 Å². The molecule has 0 spiro atoms. The molecule has 1 aromatic rings. The first-order chi connectivity index (χ1) is 9.22. The van der Waals surface area contributed by atoms with Crippen molar-refractivity contribution in [3.63, 3.8) is 0 Å². The van der Waals surface area contributed by atoms with Gasteiger partial charge in [0.05, 0.1) is 6.54 Å². The lowest BCUT2D eigenvalue weighted by Gasteiger charge is -2.22. The van der Waals surface area contributed by atoms with E-state index in [4.69, 9.17) is 5.73 Å². The molecule has 0 saturated carbocycles. The summed E-state index contributed by atoms with van der Waals surface area (Å²) >= 11 is 0. The number of aliphatic imine (C=N–C) groups is 1. The number of nitrogens with one attached hydrogen (secondary N) is 1. The molecule has 0 aromatic heterocycles. The van der Waals surface area contributed by atoms with Gasteiger partial charge in [-0.15, -0.1) is 24.0 Å². The maximum Gasteiger partial charge on any atom is 0.188 e. The van der Waals surface area contributed by atoms with Crippen LogP contribution in [0.5, 0.6) is 0 Å². The third-order valence-corrected chi connectivity index (χ3v) is 2.76. The van der Waals surface area contributed by atoms with Crippen molar-refractivity contribution in [2.75, 3.05) is 13.1 Å². The van der Waals surface area contributed by atoms with Gasteiger partial charge in [-0.25, -0.2) is 8.78 Å². The fourth-order valence-corrected chi connectivity index (χ4v) is 1.62. The zero-order valence-corrected chi connectivity index (χ0v) is 14.7. The van der Waals surface area contributed by atoms with E-state index in [0.29, 0.717) is 12.5 Å². The fourth-order valence-electron chi connectivity index (χ4n) is 1.62. The number of halogens is 3. The average Bonchev–Trinajstić information content (AvgIpc) is 2.33. The number of nitrogens with zero attached hydrogens (tertiary/aromatic N) is 1. The number of rotatable bonds is 5. The lowest BCUT2D eigenvalue weighted by Crippen LogP contribution is -2.36. The highest BCUT2D eigenvalue weighted by molar-refractivity contribution is 14.0. The van der Waals surface area contributed by atoms with E-state index in [1.165, 1.54) is 13.0 Å². The molecule has 0 amide bonds. The van der Waals surface area contributed by atoms with Gasteiger partial charge in [-0.05, 0) is 18.9 Å². The molecule has 0 radical (unpaired) electrons. The van der Waals surface area contributed by atoms with Gasteiger partial charge in [0.2, 0.25) is 0 Å². The van der Waals surface area contributed by atoms with Gasteiger partial charge < -0.3 is 16.2 Å². The zero-order valence-electron chi connectivity index (χ0n) is 12.4. The van der Waals surface area contributed by atoms with Crippen LogP contribution in [0.1, 0.15) is 26.3 Å². The van der Waals surface area contributed by atoms with Crippen LogP contribution >= 0.6 is 24.0 Å². The van der Waals surface area contributed by atoms with Gasteiger partial charge in [0.15, 0.2) is 5.96 Å². The summed E-state index contributed by atoms with van der Waals surface area (Å²) < 4.78 is 26.5. The van der Waals surface area contributed by atoms with Crippen molar-refractivity contribution in [1.29, 1.82) is 0 Å². The Hall–Kier alpha value is -0.960. The molecule has 0 bridgehead atoms. The van der Waals surface area contributed by atoms with E-state index in [1.807, 2.05) is 13.8 Å². The van der Waals surface area contributed by atoms with Crippen molar-refractivity contribution in [3.05, 3.63) is 35.4 Å². The van der Waals surface area contributed by atoms with Crippen molar-refractivity contribution in [3.8, 4) is 0 Å². The van der Waals surface area contributed by atoms with Crippen molar-refractivity contribution >= 4 is 29.9 Å². The van der Waals surface area contributed by atoms with Crippen LogP contribution in [0.2, 0.25) is 0 Å². The molecule has 1 atom stereocenters. The second-order valence-corrected chi connectivity index (χ2v) is 5.37. The highest BCUT2D eigenvalue weighted by atomic mass is 127. The normalized spacial score (nSPS) is 14.5. The highest BCUT2D eigenvalue weighted by Gasteiger charge is 2.26. The minimum atomic E-state index is -1.55. The predicted octanol–water partition coefficient (Wildman–Crippen LogP) is 2.35. The van der Waals surface area contributed by atoms with E-state index in [-0.39, 0.29) is 42.0 Å². The molecule has 1 unspecified atom stereocenters. The van der Waals surface area contributed by atoms with Gasteiger partial charge in [0.1, 0.15) is 17.2 Å². The Balaban J connectivity index is 0.00000400. The van der Waals surface area contributed by atoms with E-state index in [0.717, 1.165) is 12.1 Å². The molecular formula is C14H22F2IN3O. The molecule has 0 fully saturated rings. The molecule has 1 rings (SSSR count). The average molecular weight is 413 g/mol. The minimum Gasteiger partial charge on any atom is -0.383 e. The van der Waals surface area contributed by atoms with Crippen LogP contribution in [-0.4, -0.2) is 24.2 Å². The van der Waals surface area contributed by atoms with E-state index >= 15 is 0 Å². The van der Waals surface area contributed by atoms with Crippen LogP contribution in [0.4, 0.5) is 8.78 Å².